The lowest BCUT2D eigenvalue weighted by atomic mass is 9.99. The van der Waals surface area contributed by atoms with Crippen molar-refractivity contribution < 1.29 is 9.53 Å². The number of urea groups is 1. The second kappa shape index (κ2) is 8.81. The summed E-state index contributed by atoms with van der Waals surface area (Å²) < 4.78 is 6.05. The van der Waals surface area contributed by atoms with Gasteiger partial charge in [-0.2, -0.15) is 0 Å². The van der Waals surface area contributed by atoms with Crippen molar-refractivity contribution in [2.24, 2.45) is 5.92 Å². The van der Waals surface area contributed by atoms with Gasteiger partial charge in [0.05, 0.1) is 30.4 Å². The van der Waals surface area contributed by atoms with Gasteiger partial charge in [0.15, 0.2) is 5.82 Å². The van der Waals surface area contributed by atoms with Crippen LogP contribution in [0.3, 0.4) is 0 Å². The van der Waals surface area contributed by atoms with E-state index in [9.17, 15) is 4.79 Å². The maximum atomic E-state index is 12.3. The number of amides is 2. The summed E-state index contributed by atoms with van der Waals surface area (Å²) in [5.41, 5.74) is 2.49. The van der Waals surface area contributed by atoms with E-state index in [-0.39, 0.29) is 6.03 Å². The molecule has 2 aromatic rings. The molecule has 0 saturated carbocycles. The number of likely N-dealkylation sites (tertiary alicyclic amines) is 1. The molecular formula is C20H27N5O2. The van der Waals surface area contributed by atoms with Gasteiger partial charge in [0.25, 0.3) is 0 Å². The first-order valence-electron chi connectivity index (χ1n) is 9.28. The second-order valence-corrected chi connectivity index (χ2v) is 7.20. The molecule has 2 amide bonds. The van der Waals surface area contributed by atoms with Crippen molar-refractivity contribution in [1.29, 1.82) is 0 Å². The average molecular weight is 369 g/mol. The van der Waals surface area contributed by atoms with Gasteiger partial charge in [0.2, 0.25) is 0 Å². The Morgan fingerprint density at radius 3 is 2.85 bits per heavy atom. The third-order valence-corrected chi connectivity index (χ3v) is 4.60. The van der Waals surface area contributed by atoms with Gasteiger partial charge in [-0.1, -0.05) is 6.07 Å². The van der Waals surface area contributed by atoms with E-state index >= 15 is 0 Å². The molecule has 1 atom stereocenters. The zero-order valence-corrected chi connectivity index (χ0v) is 16.2. The number of piperidine rings is 1. The van der Waals surface area contributed by atoms with E-state index in [1.807, 2.05) is 32.0 Å². The number of ether oxygens (including phenoxy) is 1. The smallest absolute Gasteiger partial charge is 0.324 e. The standard InChI is InChI=1S/C20H27N5O2/c1-14-6-7-18(27-13-16-5-4-8-25(3)12-16)17(9-14)23-20(26)24-19-11-21-15(2)10-22-19/h6-7,9-11,16H,4-5,8,12-13H2,1-3H3,(H2,22,23,24,26). The molecule has 3 rings (SSSR count). The molecule has 0 aliphatic carbocycles. The minimum absolute atomic E-state index is 0.374. The van der Waals surface area contributed by atoms with E-state index in [2.05, 4.69) is 32.5 Å². The fraction of sp³-hybridized carbons (Fsp3) is 0.450. The molecule has 0 radical (unpaired) electrons. The highest BCUT2D eigenvalue weighted by molar-refractivity contribution is 6.00. The van der Waals surface area contributed by atoms with Crippen LogP contribution >= 0.6 is 0 Å². The summed E-state index contributed by atoms with van der Waals surface area (Å²) in [7, 11) is 2.14. The van der Waals surface area contributed by atoms with Crippen LogP contribution in [0.25, 0.3) is 0 Å². The Labute approximate surface area is 160 Å². The zero-order chi connectivity index (χ0) is 19.2. The van der Waals surface area contributed by atoms with Crippen molar-refractivity contribution in [3.8, 4) is 5.75 Å². The molecule has 1 aliphatic rings. The van der Waals surface area contributed by atoms with Crippen LogP contribution in [0.4, 0.5) is 16.3 Å². The van der Waals surface area contributed by atoms with Gasteiger partial charge < -0.3 is 15.0 Å². The van der Waals surface area contributed by atoms with Crippen molar-refractivity contribution in [2.45, 2.75) is 26.7 Å². The van der Waals surface area contributed by atoms with Crippen molar-refractivity contribution >= 4 is 17.5 Å². The molecule has 1 saturated heterocycles. The predicted octanol–water partition coefficient (Wildman–Crippen LogP) is 3.46. The normalized spacial score (nSPS) is 17.4. The number of anilines is 2. The fourth-order valence-electron chi connectivity index (χ4n) is 3.21. The summed E-state index contributed by atoms with van der Waals surface area (Å²) in [4.78, 5) is 22.9. The van der Waals surface area contributed by atoms with Crippen LogP contribution in [-0.2, 0) is 0 Å². The molecule has 27 heavy (non-hydrogen) atoms. The number of nitrogens with one attached hydrogen (secondary N) is 2. The second-order valence-electron chi connectivity index (χ2n) is 7.20. The first-order chi connectivity index (χ1) is 13.0. The molecule has 1 aromatic carbocycles. The van der Waals surface area contributed by atoms with Crippen LogP contribution in [0.15, 0.2) is 30.6 Å². The van der Waals surface area contributed by atoms with E-state index in [1.165, 1.54) is 19.0 Å². The van der Waals surface area contributed by atoms with Gasteiger partial charge in [-0.25, -0.2) is 9.78 Å². The Morgan fingerprint density at radius 1 is 1.26 bits per heavy atom. The summed E-state index contributed by atoms with van der Waals surface area (Å²) in [6.07, 6.45) is 5.51. The van der Waals surface area contributed by atoms with Crippen LogP contribution in [-0.4, -0.2) is 47.6 Å². The van der Waals surface area contributed by atoms with Gasteiger partial charge in [-0.15, -0.1) is 0 Å². The van der Waals surface area contributed by atoms with E-state index in [4.69, 9.17) is 4.74 Å². The molecule has 1 aromatic heterocycles. The van der Waals surface area contributed by atoms with Gasteiger partial charge in [-0.05, 0) is 58.0 Å². The Kier molecular flexibility index (Phi) is 6.24. The summed E-state index contributed by atoms with van der Waals surface area (Å²) in [6, 6.07) is 5.42. The molecule has 2 N–H and O–H groups in total. The molecule has 0 bridgehead atoms. The molecule has 144 valence electrons. The number of carbonyl (C=O) groups is 1. The Morgan fingerprint density at radius 2 is 2.11 bits per heavy atom. The van der Waals surface area contributed by atoms with Crippen molar-refractivity contribution in [3.05, 3.63) is 41.9 Å². The average Bonchev–Trinajstić information content (AvgIpc) is 2.63. The van der Waals surface area contributed by atoms with Crippen LogP contribution in [0.1, 0.15) is 24.1 Å². The largest absolute Gasteiger partial charge is 0.491 e. The molecule has 1 unspecified atom stereocenters. The maximum absolute atomic E-state index is 12.3. The van der Waals surface area contributed by atoms with Crippen molar-refractivity contribution in [2.75, 3.05) is 37.4 Å². The monoisotopic (exact) mass is 369 g/mol. The van der Waals surface area contributed by atoms with Crippen molar-refractivity contribution in [3.63, 3.8) is 0 Å². The molecule has 2 heterocycles. The fourth-order valence-corrected chi connectivity index (χ4v) is 3.21. The van der Waals surface area contributed by atoms with Gasteiger partial charge >= 0.3 is 6.03 Å². The lowest BCUT2D eigenvalue weighted by Gasteiger charge is -2.29. The number of aryl methyl sites for hydroxylation is 2. The van der Waals surface area contributed by atoms with Crippen LogP contribution in [0.5, 0.6) is 5.75 Å². The number of benzene rings is 1. The van der Waals surface area contributed by atoms with Crippen LogP contribution < -0.4 is 15.4 Å². The van der Waals surface area contributed by atoms with E-state index in [1.54, 1.807) is 6.20 Å². The summed E-state index contributed by atoms with van der Waals surface area (Å²) in [5, 5.41) is 5.55. The first-order valence-corrected chi connectivity index (χ1v) is 9.28. The number of nitrogens with zero attached hydrogens (tertiary/aromatic N) is 3. The molecule has 1 aliphatic heterocycles. The van der Waals surface area contributed by atoms with Gasteiger partial charge in [-0.3, -0.25) is 10.3 Å². The minimum Gasteiger partial charge on any atom is -0.491 e. The molecule has 0 spiro atoms. The number of hydrogen-bond donors (Lipinski definition) is 2. The summed E-state index contributed by atoms with van der Waals surface area (Å²) >= 11 is 0. The lowest BCUT2D eigenvalue weighted by Crippen LogP contribution is -2.34. The molecular weight excluding hydrogens is 342 g/mol. The Bertz CT molecular complexity index is 778. The van der Waals surface area contributed by atoms with E-state index < -0.39 is 0 Å². The van der Waals surface area contributed by atoms with E-state index in [0.29, 0.717) is 29.8 Å². The third kappa shape index (κ3) is 5.65. The number of carbonyl (C=O) groups excluding carboxylic acids is 1. The Balaban J connectivity index is 1.62. The predicted molar refractivity (Wildman–Crippen MR) is 106 cm³/mol. The van der Waals surface area contributed by atoms with Gasteiger partial charge in [0.1, 0.15) is 5.75 Å². The summed E-state index contributed by atoms with van der Waals surface area (Å²) in [5.74, 6) is 1.59. The first kappa shape index (κ1) is 19.1. The summed E-state index contributed by atoms with van der Waals surface area (Å²) in [6.45, 7) is 6.66. The maximum Gasteiger partial charge on any atom is 0.324 e. The molecule has 7 nitrogen and oxygen atoms in total. The van der Waals surface area contributed by atoms with Gasteiger partial charge in [0, 0.05) is 12.5 Å². The van der Waals surface area contributed by atoms with E-state index in [0.717, 1.165) is 24.3 Å². The number of rotatable bonds is 5. The quantitative estimate of drug-likeness (QED) is 0.844. The zero-order valence-electron chi connectivity index (χ0n) is 16.2. The van der Waals surface area contributed by atoms with Crippen LogP contribution in [0.2, 0.25) is 0 Å². The van der Waals surface area contributed by atoms with Crippen LogP contribution in [0, 0.1) is 19.8 Å². The number of hydrogen-bond acceptors (Lipinski definition) is 5. The molecule has 7 heteroatoms. The third-order valence-electron chi connectivity index (χ3n) is 4.60. The lowest BCUT2D eigenvalue weighted by molar-refractivity contribution is 0.151. The highest BCUT2D eigenvalue weighted by atomic mass is 16.5. The highest BCUT2D eigenvalue weighted by Crippen LogP contribution is 2.27. The Hall–Kier alpha value is -2.67. The van der Waals surface area contributed by atoms with Crippen molar-refractivity contribution in [1.82, 2.24) is 14.9 Å². The number of aromatic nitrogens is 2. The highest BCUT2D eigenvalue weighted by Gasteiger charge is 2.18. The SMILES string of the molecule is Cc1ccc(OCC2CCCN(C)C2)c(NC(=O)Nc2cnc(C)cn2)c1. The molecule has 1 fully saturated rings. The minimum atomic E-state index is -0.374. The topological polar surface area (TPSA) is 79.4 Å².